The topological polar surface area (TPSA) is 99.7 Å². The van der Waals surface area contributed by atoms with E-state index in [1.807, 2.05) is 11.8 Å². The van der Waals surface area contributed by atoms with E-state index in [1.165, 1.54) is 0 Å². The van der Waals surface area contributed by atoms with E-state index in [2.05, 4.69) is 26.7 Å². The Morgan fingerprint density at radius 2 is 2.35 bits per heavy atom. The van der Waals surface area contributed by atoms with Gasteiger partial charge in [0.05, 0.1) is 30.9 Å². The van der Waals surface area contributed by atoms with E-state index in [-0.39, 0.29) is 18.0 Å². The van der Waals surface area contributed by atoms with E-state index >= 15 is 0 Å². The molecular weight excluding hydrogens is 294 g/mol. The zero-order chi connectivity index (χ0) is 16.2. The Morgan fingerprint density at radius 1 is 1.48 bits per heavy atom. The standard InChI is InChI=1S/C15H17N7O/c1-11-8-17-4-2-12(11)15(23)19-13-9-21(6-3-16)10-14(13)22-7-5-18-20-22/h2,4-5,7-8,13-14H,6,9-10H2,1H3,(H,19,23)/t13-,14+/m1/s1. The lowest BCUT2D eigenvalue weighted by Gasteiger charge is -2.20. The molecule has 2 aromatic heterocycles. The first-order valence-corrected chi connectivity index (χ1v) is 7.35. The van der Waals surface area contributed by atoms with Gasteiger partial charge in [-0.1, -0.05) is 5.21 Å². The summed E-state index contributed by atoms with van der Waals surface area (Å²) in [5.41, 5.74) is 1.44. The lowest BCUT2D eigenvalue weighted by Crippen LogP contribution is -2.41. The number of aromatic nitrogens is 4. The first-order valence-electron chi connectivity index (χ1n) is 7.35. The molecule has 0 aliphatic carbocycles. The van der Waals surface area contributed by atoms with Crippen LogP contribution in [0.5, 0.6) is 0 Å². The third-order valence-corrected chi connectivity index (χ3v) is 4.02. The number of hydrogen-bond acceptors (Lipinski definition) is 6. The highest BCUT2D eigenvalue weighted by Crippen LogP contribution is 2.21. The molecule has 8 heteroatoms. The summed E-state index contributed by atoms with van der Waals surface area (Å²) in [6, 6.07) is 3.68. The van der Waals surface area contributed by atoms with Crippen LogP contribution in [0.25, 0.3) is 0 Å². The number of pyridine rings is 1. The summed E-state index contributed by atoms with van der Waals surface area (Å²) < 4.78 is 1.74. The van der Waals surface area contributed by atoms with Crippen molar-refractivity contribution >= 4 is 5.91 Å². The Hall–Kier alpha value is -2.79. The van der Waals surface area contributed by atoms with Crippen LogP contribution in [0.2, 0.25) is 0 Å². The van der Waals surface area contributed by atoms with Crippen LogP contribution in [0.1, 0.15) is 22.0 Å². The van der Waals surface area contributed by atoms with E-state index < -0.39 is 0 Å². The van der Waals surface area contributed by atoms with Gasteiger partial charge in [0.15, 0.2) is 0 Å². The highest BCUT2D eigenvalue weighted by atomic mass is 16.1. The zero-order valence-electron chi connectivity index (χ0n) is 12.8. The number of nitrogens with zero attached hydrogens (tertiary/aromatic N) is 6. The molecule has 0 saturated carbocycles. The molecule has 23 heavy (non-hydrogen) atoms. The molecule has 2 aromatic rings. The molecule has 0 radical (unpaired) electrons. The molecule has 0 aromatic carbocycles. The Kier molecular flexibility index (Phi) is 4.30. The van der Waals surface area contributed by atoms with Crippen LogP contribution in [0.3, 0.4) is 0 Å². The monoisotopic (exact) mass is 311 g/mol. The molecule has 1 N–H and O–H groups in total. The summed E-state index contributed by atoms with van der Waals surface area (Å²) >= 11 is 0. The minimum absolute atomic E-state index is 0.0445. The number of amides is 1. The predicted molar refractivity (Wildman–Crippen MR) is 81.3 cm³/mol. The molecule has 3 rings (SSSR count). The van der Waals surface area contributed by atoms with Crippen LogP contribution in [0.15, 0.2) is 30.9 Å². The maximum atomic E-state index is 12.5. The van der Waals surface area contributed by atoms with Crippen molar-refractivity contribution < 1.29 is 4.79 Å². The number of hydrogen-bond donors (Lipinski definition) is 1. The van der Waals surface area contributed by atoms with Gasteiger partial charge in [-0.2, -0.15) is 5.26 Å². The Morgan fingerprint density at radius 3 is 3.04 bits per heavy atom. The van der Waals surface area contributed by atoms with E-state index in [4.69, 9.17) is 5.26 Å². The van der Waals surface area contributed by atoms with Gasteiger partial charge < -0.3 is 5.32 Å². The van der Waals surface area contributed by atoms with Gasteiger partial charge in [-0.05, 0) is 18.6 Å². The largest absolute Gasteiger partial charge is 0.346 e. The van der Waals surface area contributed by atoms with Crippen LogP contribution in [0, 0.1) is 18.3 Å². The number of aryl methyl sites for hydroxylation is 1. The quantitative estimate of drug-likeness (QED) is 0.807. The molecule has 1 aliphatic heterocycles. The average Bonchev–Trinajstić information content (AvgIpc) is 3.17. The fraction of sp³-hybridized carbons (Fsp3) is 0.400. The molecule has 1 saturated heterocycles. The second-order valence-corrected chi connectivity index (χ2v) is 5.57. The van der Waals surface area contributed by atoms with Gasteiger partial charge in [-0.25, -0.2) is 4.68 Å². The smallest absolute Gasteiger partial charge is 0.251 e. The third-order valence-electron chi connectivity index (χ3n) is 4.02. The van der Waals surface area contributed by atoms with E-state index in [1.54, 1.807) is 35.5 Å². The maximum Gasteiger partial charge on any atom is 0.251 e. The van der Waals surface area contributed by atoms with Crippen LogP contribution >= 0.6 is 0 Å². The summed E-state index contributed by atoms with van der Waals surface area (Å²) in [6.45, 7) is 3.43. The number of carbonyl (C=O) groups is 1. The number of rotatable bonds is 4. The molecular formula is C15H17N7O. The average molecular weight is 311 g/mol. The van der Waals surface area contributed by atoms with Crippen molar-refractivity contribution in [3.63, 3.8) is 0 Å². The van der Waals surface area contributed by atoms with Crippen LogP contribution in [-0.2, 0) is 0 Å². The van der Waals surface area contributed by atoms with Crippen molar-refractivity contribution in [2.45, 2.75) is 19.0 Å². The normalized spacial score (nSPS) is 21.0. The van der Waals surface area contributed by atoms with Crippen molar-refractivity contribution in [1.29, 1.82) is 5.26 Å². The molecule has 2 atom stereocenters. The second kappa shape index (κ2) is 6.54. The lowest BCUT2D eigenvalue weighted by atomic mass is 10.1. The summed E-state index contributed by atoms with van der Waals surface area (Å²) in [5.74, 6) is -0.140. The summed E-state index contributed by atoms with van der Waals surface area (Å²) in [6.07, 6.45) is 6.66. The summed E-state index contributed by atoms with van der Waals surface area (Å²) in [7, 11) is 0. The van der Waals surface area contributed by atoms with Crippen molar-refractivity contribution in [3.8, 4) is 6.07 Å². The van der Waals surface area contributed by atoms with Gasteiger partial charge in [0.2, 0.25) is 0 Å². The molecule has 1 aliphatic rings. The van der Waals surface area contributed by atoms with Gasteiger partial charge in [0, 0.05) is 37.2 Å². The van der Waals surface area contributed by atoms with Gasteiger partial charge in [0.1, 0.15) is 0 Å². The first-order chi connectivity index (χ1) is 11.2. The molecule has 1 amide bonds. The minimum Gasteiger partial charge on any atom is -0.346 e. The van der Waals surface area contributed by atoms with E-state index in [9.17, 15) is 4.79 Å². The Balaban J connectivity index is 1.78. The Bertz CT molecular complexity index is 722. The van der Waals surface area contributed by atoms with Crippen LogP contribution in [0.4, 0.5) is 0 Å². The molecule has 3 heterocycles. The number of nitriles is 1. The van der Waals surface area contributed by atoms with Gasteiger partial charge in [-0.3, -0.25) is 14.7 Å². The number of likely N-dealkylation sites (tertiary alicyclic amines) is 1. The first kappa shape index (κ1) is 15.1. The van der Waals surface area contributed by atoms with Crippen LogP contribution in [-0.4, -0.2) is 56.5 Å². The SMILES string of the molecule is Cc1cnccc1C(=O)N[C@@H]1CN(CC#N)C[C@@H]1n1ccnn1. The van der Waals surface area contributed by atoms with Crippen molar-refractivity contribution in [1.82, 2.24) is 30.2 Å². The maximum absolute atomic E-state index is 12.5. The predicted octanol–water partition coefficient (Wildman–Crippen LogP) is 0.160. The highest BCUT2D eigenvalue weighted by Gasteiger charge is 2.35. The third kappa shape index (κ3) is 3.19. The zero-order valence-corrected chi connectivity index (χ0v) is 12.8. The van der Waals surface area contributed by atoms with E-state index in [0.717, 1.165) is 5.56 Å². The van der Waals surface area contributed by atoms with E-state index in [0.29, 0.717) is 25.2 Å². The number of carbonyl (C=O) groups excluding carboxylic acids is 1. The molecule has 0 bridgehead atoms. The highest BCUT2D eigenvalue weighted by molar-refractivity contribution is 5.95. The molecule has 0 spiro atoms. The van der Waals surface area contributed by atoms with Gasteiger partial charge >= 0.3 is 0 Å². The number of nitrogens with one attached hydrogen (secondary N) is 1. The lowest BCUT2D eigenvalue weighted by molar-refractivity contribution is 0.0929. The summed E-state index contributed by atoms with van der Waals surface area (Å²) in [5, 5.41) is 19.8. The van der Waals surface area contributed by atoms with Gasteiger partial charge in [-0.15, -0.1) is 5.10 Å². The fourth-order valence-corrected chi connectivity index (χ4v) is 2.87. The van der Waals surface area contributed by atoms with Crippen molar-refractivity contribution in [2.75, 3.05) is 19.6 Å². The molecule has 0 unspecified atom stereocenters. The fourth-order valence-electron chi connectivity index (χ4n) is 2.87. The molecule has 118 valence electrons. The summed E-state index contributed by atoms with van der Waals surface area (Å²) in [4.78, 5) is 18.5. The molecule has 8 nitrogen and oxygen atoms in total. The second-order valence-electron chi connectivity index (χ2n) is 5.57. The minimum atomic E-state index is -0.140. The van der Waals surface area contributed by atoms with Gasteiger partial charge in [0.25, 0.3) is 5.91 Å². The molecule has 1 fully saturated rings. The van der Waals surface area contributed by atoms with Crippen molar-refractivity contribution in [3.05, 3.63) is 42.0 Å². The van der Waals surface area contributed by atoms with Crippen molar-refractivity contribution in [2.24, 2.45) is 0 Å². The Labute approximate surface area is 133 Å². The van der Waals surface area contributed by atoms with Crippen LogP contribution < -0.4 is 5.32 Å².